The number of para-hydroxylation sites is 1. The number of amides is 1. The Hall–Kier alpha value is -4.43. The minimum absolute atomic E-state index is 0.0320. The number of likely N-dealkylation sites (tertiary alicyclic amines) is 1. The molecule has 1 unspecified atom stereocenters. The van der Waals surface area contributed by atoms with Gasteiger partial charge in [0.15, 0.2) is 0 Å². The Morgan fingerprint density at radius 3 is 2.53 bits per heavy atom. The number of ketones is 1. The minimum atomic E-state index is -0.946. The third-order valence-corrected chi connectivity index (χ3v) is 7.05. The number of aliphatic hydroxyl groups is 1. The van der Waals surface area contributed by atoms with Gasteiger partial charge in [-0.05, 0) is 41.8 Å². The van der Waals surface area contributed by atoms with Crippen LogP contribution >= 0.6 is 11.6 Å². The monoisotopic (exact) mass is 532 g/mol. The van der Waals surface area contributed by atoms with Gasteiger partial charge in [0.25, 0.3) is 11.7 Å². The van der Waals surface area contributed by atoms with Crippen LogP contribution in [0.1, 0.15) is 22.7 Å². The molecule has 1 amide bonds. The summed E-state index contributed by atoms with van der Waals surface area (Å²) in [6.45, 7) is 0.199. The summed E-state index contributed by atoms with van der Waals surface area (Å²) < 4.78 is 10.7. The van der Waals surface area contributed by atoms with Crippen molar-refractivity contribution in [2.75, 3.05) is 20.8 Å². The van der Waals surface area contributed by atoms with Gasteiger partial charge >= 0.3 is 0 Å². The van der Waals surface area contributed by atoms with E-state index in [1.54, 1.807) is 12.1 Å². The van der Waals surface area contributed by atoms with Crippen LogP contribution in [0.4, 0.5) is 0 Å². The molecule has 38 heavy (non-hydrogen) atoms. The highest BCUT2D eigenvalue weighted by atomic mass is 35.5. The van der Waals surface area contributed by atoms with E-state index in [-0.39, 0.29) is 40.0 Å². The molecular weight excluding hydrogens is 508 g/mol. The summed E-state index contributed by atoms with van der Waals surface area (Å²) in [6, 6.07) is 16.1. The predicted octanol–water partition coefficient (Wildman–Crippen LogP) is 5.21. The van der Waals surface area contributed by atoms with E-state index in [1.807, 2.05) is 30.5 Å². The van der Waals surface area contributed by atoms with Crippen LogP contribution in [-0.4, -0.2) is 52.6 Å². The first-order chi connectivity index (χ1) is 18.3. The van der Waals surface area contributed by atoms with Crippen LogP contribution < -0.4 is 9.47 Å². The van der Waals surface area contributed by atoms with Crippen molar-refractivity contribution in [3.8, 4) is 17.2 Å². The predicted molar refractivity (Wildman–Crippen MR) is 144 cm³/mol. The molecule has 2 heterocycles. The maximum Gasteiger partial charge on any atom is 0.295 e. The van der Waals surface area contributed by atoms with E-state index >= 15 is 0 Å². The number of hydrogen-bond donors (Lipinski definition) is 3. The number of aromatic nitrogens is 1. The van der Waals surface area contributed by atoms with Crippen LogP contribution in [0.3, 0.4) is 0 Å². The lowest BCUT2D eigenvalue weighted by Gasteiger charge is -2.25. The highest BCUT2D eigenvalue weighted by molar-refractivity contribution is 6.46. The SMILES string of the molecule is COc1cc(/C(O)=C2\C(=O)C(=O)N(CCc3c[nH]c4ccccc34)C2c2cccc(O)c2)c(OC)cc1Cl. The molecule has 3 aromatic carbocycles. The number of rotatable bonds is 7. The molecule has 3 N–H and O–H groups in total. The molecule has 194 valence electrons. The number of H-pyrrole nitrogens is 1. The van der Waals surface area contributed by atoms with E-state index < -0.39 is 23.5 Å². The van der Waals surface area contributed by atoms with Gasteiger partial charge in [-0.1, -0.05) is 41.9 Å². The van der Waals surface area contributed by atoms with Crippen molar-refractivity contribution in [2.24, 2.45) is 0 Å². The number of aliphatic hydroxyl groups excluding tert-OH is 1. The van der Waals surface area contributed by atoms with E-state index in [9.17, 15) is 19.8 Å². The van der Waals surface area contributed by atoms with E-state index in [1.165, 1.54) is 43.4 Å². The number of phenolic OH excluding ortho intramolecular Hbond substituents is 1. The molecule has 0 spiro atoms. The average molecular weight is 533 g/mol. The Balaban J connectivity index is 1.62. The van der Waals surface area contributed by atoms with Crippen LogP contribution in [0, 0.1) is 0 Å². The van der Waals surface area contributed by atoms with Gasteiger partial charge in [0.1, 0.15) is 23.0 Å². The number of fused-ring (bicyclic) bond motifs is 1. The Labute approximate surface area is 223 Å². The zero-order valence-corrected chi connectivity index (χ0v) is 21.5. The number of aromatic hydroxyl groups is 1. The number of Topliss-reactive ketones (excluding diaryl/α,β-unsaturated/α-hetero) is 1. The van der Waals surface area contributed by atoms with Gasteiger partial charge in [0.05, 0.1) is 36.4 Å². The normalized spacial score (nSPS) is 16.8. The smallest absolute Gasteiger partial charge is 0.295 e. The van der Waals surface area contributed by atoms with Crippen LogP contribution in [0.2, 0.25) is 5.02 Å². The number of aromatic amines is 1. The van der Waals surface area contributed by atoms with Crippen molar-refractivity contribution in [1.82, 2.24) is 9.88 Å². The first kappa shape index (κ1) is 25.2. The number of hydrogen-bond acceptors (Lipinski definition) is 6. The molecule has 0 saturated carbocycles. The van der Waals surface area contributed by atoms with E-state index in [2.05, 4.69) is 4.98 Å². The zero-order chi connectivity index (χ0) is 27.0. The minimum Gasteiger partial charge on any atom is -0.508 e. The van der Waals surface area contributed by atoms with Gasteiger partial charge in [-0.25, -0.2) is 0 Å². The van der Waals surface area contributed by atoms with Crippen molar-refractivity contribution < 1.29 is 29.3 Å². The maximum absolute atomic E-state index is 13.4. The van der Waals surface area contributed by atoms with Crippen molar-refractivity contribution in [1.29, 1.82) is 0 Å². The Morgan fingerprint density at radius 2 is 1.79 bits per heavy atom. The number of phenols is 1. The summed E-state index contributed by atoms with van der Waals surface area (Å²) >= 11 is 6.23. The number of methoxy groups -OCH3 is 2. The average Bonchev–Trinajstić information content (AvgIpc) is 3.45. The summed E-state index contributed by atoms with van der Waals surface area (Å²) in [5, 5.41) is 22.9. The number of nitrogens with zero attached hydrogens (tertiary/aromatic N) is 1. The molecule has 1 aromatic heterocycles. The lowest BCUT2D eigenvalue weighted by molar-refractivity contribution is -0.139. The van der Waals surface area contributed by atoms with Gasteiger partial charge in [-0.2, -0.15) is 0 Å². The van der Waals surface area contributed by atoms with Crippen LogP contribution in [0.15, 0.2) is 72.4 Å². The van der Waals surface area contributed by atoms with E-state index in [0.29, 0.717) is 12.0 Å². The third kappa shape index (κ3) is 4.33. The molecule has 9 heteroatoms. The number of nitrogens with one attached hydrogen (secondary N) is 1. The van der Waals surface area contributed by atoms with Crippen molar-refractivity contribution in [2.45, 2.75) is 12.5 Å². The Kier molecular flexibility index (Phi) is 6.73. The first-order valence-corrected chi connectivity index (χ1v) is 12.3. The fraction of sp³-hybridized carbons (Fsp3) is 0.172. The zero-order valence-electron chi connectivity index (χ0n) is 20.7. The fourth-order valence-corrected chi connectivity index (χ4v) is 5.15. The Bertz CT molecular complexity index is 1590. The molecule has 4 aromatic rings. The number of carbonyl (C=O) groups is 2. The van der Waals surface area contributed by atoms with Gasteiger partial charge in [-0.3, -0.25) is 9.59 Å². The largest absolute Gasteiger partial charge is 0.508 e. The highest BCUT2D eigenvalue weighted by Gasteiger charge is 2.46. The standard InChI is InChI=1S/C29H25ClN2O6/c1-37-23-14-21(30)24(38-2)13-20(23)27(34)25-26(16-6-5-7-18(33)12-16)32(29(36)28(25)35)11-10-17-15-31-22-9-4-3-8-19(17)22/h3-9,12-15,26,31,33-34H,10-11H2,1-2H3/b27-25+. The molecule has 0 bridgehead atoms. The maximum atomic E-state index is 13.4. The Morgan fingerprint density at radius 1 is 1.03 bits per heavy atom. The van der Waals surface area contributed by atoms with Gasteiger partial charge in [0, 0.05) is 29.7 Å². The van der Waals surface area contributed by atoms with Crippen LogP contribution in [0.25, 0.3) is 16.7 Å². The summed E-state index contributed by atoms with van der Waals surface area (Å²) in [7, 11) is 2.83. The summed E-state index contributed by atoms with van der Waals surface area (Å²) in [5.74, 6) is -1.59. The van der Waals surface area contributed by atoms with Crippen molar-refractivity contribution >= 4 is 40.0 Å². The topological polar surface area (TPSA) is 112 Å². The third-order valence-electron chi connectivity index (χ3n) is 6.75. The van der Waals surface area contributed by atoms with E-state index in [0.717, 1.165) is 16.5 Å². The second kappa shape index (κ2) is 10.1. The van der Waals surface area contributed by atoms with Gasteiger partial charge < -0.3 is 29.6 Å². The summed E-state index contributed by atoms with van der Waals surface area (Å²) in [6.07, 6.45) is 2.35. The quantitative estimate of drug-likeness (QED) is 0.171. The fourth-order valence-electron chi connectivity index (χ4n) is 4.92. The number of carbonyl (C=O) groups excluding carboxylic acids is 2. The summed E-state index contributed by atoms with van der Waals surface area (Å²) in [5.41, 5.74) is 2.46. The molecule has 1 aliphatic heterocycles. The summed E-state index contributed by atoms with van der Waals surface area (Å²) in [4.78, 5) is 31.4. The molecule has 8 nitrogen and oxygen atoms in total. The molecule has 1 fully saturated rings. The van der Waals surface area contributed by atoms with Crippen molar-refractivity contribution in [3.63, 3.8) is 0 Å². The molecule has 5 rings (SSSR count). The van der Waals surface area contributed by atoms with E-state index in [4.69, 9.17) is 21.1 Å². The number of benzene rings is 3. The van der Waals surface area contributed by atoms with Gasteiger partial charge in [0.2, 0.25) is 0 Å². The lowest BCUT2D eigenvalue weighted by Crippen LogP contribution is -2.31. The molecule has 0 aliphatic carbocycles. The first-order valence-electron chi connectivity index (χ1n) is 11.9. The number of halogens is 1. The molecule has 1 aliphatic rings. The second-order valence-corrected chi connectivity index (χ2v) is 9.29. The van der Waals surface area contributed by atoms with Crippen molar-refractivity contribution in [3.05, 3.63) is 94.1 Å². The highest BCUT2D eigenvalue weighted by Crippen LogP contribution is 2.43. The molecular formula is C29H25ClN2O6. The molecule has 1 saturated heterocycles. The number of ether oxygens (including phenoxy) is 2. The van der Waals surface area contributed by atoms with Crippen LogP contribution in [0.5, 0.6) is 17.2 Å². The van der Waals surface area contributed by atoms with Crippen LogP contribution in [-0.2, 0) is 16.0 Å². The molecule has 1 atom stereocenters. The molecule has 0 radical (unpaired) electrons. The second-order valence-electron chi connectivity index (χ2n) is 8.88. The van der Waals surface area contributed by atoms with Gasteiger partial charge in [-0.15, -0.1) is 0 Å². The lowest BCUT2D eigenvalue weighted by atomic mass is 9.94.